The average Bonchev–Trinajstić information content (AvgIpc) is 3.01. The Morgan fingerprint density at radius 2 is 2.07 bits per heavy atom. The van der Waals surface area contributed by atoms with Crippen molar-refractivity contribution in [3.8, 4) is 5.75 Å². The topological polar surface area (TPSA) is 100 Å². The van der Waals surface area contributed by atoms with Crippen LogP contribution in [0.5, 0.6) is 5.75 Å². The second kappa shape index (κ2) is 9.53. The summed E-state index contributed by atoms with van der Waals surface area (Å²) in [6.07, 6.45) is 1.19. The number of carboxylic acid groups (broad SMARTS) is 1. The number of hydrogen-bond acceptors (Lipinski definition) is 6. The normalized spacial score (nSPS) is 17.7. The molecule has 1 atom stereocenters. The van der Waals surface area contributed by atoms with Gasteiger partial charge >= 0.3 is 5.97 Å². The molecule has 0 radical (unpaired) electrons. The Morgan fingerprint density at radius 3 is 2.76 bits per heavy atom. The van der Waals surface area contributed by atoms with Crippen molar-refractivity contribution in [3.63, 3.8) is 0 Å². The first-order valence-corrected chi connectivity index (χ1v) is 9.64. The van der Waals surface area contributed by atoms with E-state index in [1.807, 2.05) is 0 Å². The lowest BCUT2D eigenvalue weighted by Crippen LogP contribution is -2.26. The van der Waals surface area contributed by atoms with Crippen LogP contribution in [0.4, 0.5) is 4.39 Å². The molecule has 10 heteroatoms. The molecule has 0 unspecified atom stereocenters. The number of amidine groups is 1. The molecular weight excluding hydrogens is 421 g/mol. The number of halogens is 2. The molecule has 0 aliphatic carbocycles. The van der Waals surface area contributed by atoms with Gasteiger partial charge in [0.2, 0.25) is 5.91 Å². The van der Waals surface area contributed by atoms with Crippen LogP contribution >= 0.6 is 23.4 Å². The number of carbonyl (C=O) groups excluding carboxylic acids is 1. The van der Waals surface area contributed by atoms with Crippen molar-refractivity contribution in [1.29, 1.82) is 0 Å². The van der Waals surface area contributed by atoms with E-state index in [2.05, 4.69) is 15.5 Å². The monoisotopic (exact) mass is 435 g/mol. The highest BCUT2D eigenvalue weighted by atomic mass is 35.5. The van der Waals surface area contributed by atoms with Gasteiger partial charge < -0.3 is 15.2 Å². The van der Waals surface area contributed by atoms with Gasteiger partial charge in [-0.05, 0) is 42.0 Å². The maximum atomic E-state index is 13.7. The molecule has 2 N–H and O–H groups in total. The predicted octanol–water partition coefficient (Wildman–Crippen LogP) is 3.45. The van der Waals surface area contributed by atoms with Crippen LogP contribution in [0, 0.1) is 5.82 Å². The van der Waals surface area contributed by atoms with Crippen molar-refractivity contribution < 1.29 is 23.8 Å². The smallest absolute Gasteiger partial charge is 0.305 e. The van der Waals surface area contributed by atoms with Crippen LogP contribution in [0.1, 0.15) is 17.5 Å². The van der Waals surface area contributed by atoms with Gasteiger partial charge in [-0.3, -0.25) is 9.59 Å². The lowest BCUT2D eigenvalue weighted by Gasteiger charge is -2.08. The standard InChI is InChI=1S/C19H15ClFN3O4S/c20-14-2-1-3-15(21)13(14)10-28-12-6-4-11(5-7-12)9-22-24-19-23-18(27)16(29-19)8-17(25)26/h1-7,9,16H,8,10H2,(H,25,26)(H,23,24,27)/b22-9-/t16-/m0/s1. The summed E-state index contributed by atoms with van der Waals surface area (Å²) in [5.41, 5.74) is 1.01. The van der Waals surface area contributed by atoms with Crippen molar-refractivity contribution in [1.82, 2.24) is 5.32 Å². The molecule has 2 aromatic rings. The molecule has 0 saturated carbocycles. The fourth-order valence-corrected chi connectivity index (χ4v) is 3.50. The SMILES string of the molecule is O=C(O)C[C@@H]1S/C(=N\N=C/c2ccc(OCc3c(F)cccc3Cl)cc2)NC1=O. The number of carboxylic acids is 1. The number of thioether (sulfide) groups is 1. The number of ether oxygens (including phenoxy) is 1. The van der Waals surface area contributed by atoms with Crippen LogP contribution in [0.3, 0.4) is 0 Å². The highest BCUT2D eigenvalue weighted by molar-refractivity contribution is 8.15. The fraction of sp³-hybridized carbons (Fsp3) is 0.158. The van der Waals surface area contributed by atoms with E-state index >= 15 is 0 Å². The molecule has 2 aromatic carbocycles. The van der Waals surface area contributed by atoms with Crippen molar-refractivity contribution in [2.45, 2.75) is 18.3 Å². The zero-order chi connectivity index (χ0) is 20.8. The van der Waals surface area contributed by atoms with Gasteiger partial charge in [0, 0.05) is 5.56 Å². The third kappa shape index (κ3) is 5.78. The first-order chi connectivity index (χ1) is 13.9. The van der Waals surface area contributed by atoms with E-state index in [0.29, 0.717) is 10.8 Å². The van der Waals surface area contributed by atoms with Crippen LogP contribution in [-0.4, -0.2) is 33.6 Å². The molecule has 3 rings (SSSR count). The number of nitrogens with zero attached hydrogens (tertiary/aromatic N) is 2. The minimum Gasteiger partial charge on any atom is -0.489 e. The minimum absolute atomic E-state index is 0.00102. The summed E-state index contributed by atoms with van der Waals surface area (Å²) in [6.45, 7) is 0.00102. The first kappa shape index (κ1) is 20.8. The molecule has 0 spiro atoms. The second-order valence-electron chi connectivity index (χ2n) is 5.90. The fourth-order valence-electron chi connectivity index (χ4n) is 2.37. The first-order valence-electron chi connectivity index (χ1n) is 8.38. The van der Waals surface area contributed by atoms with Gasteiger partial charge in [0.05, 0.1) is 17.7 Å². The molecule has 1 fully saturated rings. The molecule has 1 aliphatic rings. The molecule has 29 heavy (non-hydrogen) atoms. The highest BCUT2D eigenvalue weighted by Crippen LogP contribution is 2.23. The molecule has 1 amide bonds. The molecule has 1 aliphatic heterocycles. The van der Waals surface area contributed by atoms with Gasteiger partial charge in [-0.1, -0.05) is 29.4 Å². The van der Waals surface area contributed by atoms with Crippen LogP contribution in [0.25, 0.3) is 0 Å². The largest absolute Gasteiger partial charge is 0.489 e. The van der Waals surface area contributed by atoms with Crippen molar-refractivity contribution in [2.75, 3.05) is 0 Å². The van der Waals surface area contributed by atoms with E-state index in [9.17, 15) is 14.0 Å². The van der Waals surface area contributed by atoms with E-state index in [4.69, 9.17) is 21.4 Å². The molecule has 7 nitrogen and oxygen atoms in total. The van der Waals surface area contributed by atoms with Crippen LogP contribution in [0.2, 0.25) is 5.02 Å². The van der Waals surface area contributed by atoms with Crippen LogP contribution in [-0.2, 0) is 16.2 Å². The Kier molecular flexibility index (Phi) is 6.84. The summed E-state index contributed by atoms with van der Waals surface area (Å²) >= 11 is 6.99. The zero-order valence-corrected chi connectivity index (χ0v) is 16.4. The number of hydrogen-bond donors (Lipinski definition) is 2. The lowest BCUT2D eigenvalue weighted by molar-refractivity contribution is -0.138. The number of aliphatic carboxylic acids is 1. The second-order valence-corrected chi connectivity index (χ2v) is 7.50. The maximum Gasteiger partial charge on any atom is 0.305 e. The van der Waals surface area contributed by atoms with E-state index in [-0.39, 0.29) is 23.8 Å². The predicted molar refractivity (Wildman–Crippen MR) is 109 cm³/mol. The summed E-state index contributed by atoms with van der Waals surface area (Å²) in [5, 5.41) is 18.9. The third-order valence-electron chi connectivity index (χ3n) is 3.82. The Hall–Kier alpha value is -2.91. The summed E-state index contributed by atoms with van der Waals surface area (Å²) in [7, 11) is 0. The zero-order valence-electron chi connectivity index (χ0n) is 14.8. The average molecular weight is 436 g/mol. The molecule has 1 saturated heterocycles. The van der Waals surface area contributed by atoms with E-state index < -0.39 is 22.9 Å². The van der Waals surface area contributed by atoms with Gasteiger partial charge in [-0.15, -0.1) is 5.10 Å². The summed E-state index contributed by atoms with van der Waals surface area (Å²) < 4.78 is 19.3. The number of amides is 1. The molecular formula is C19H15ClFN3O4S. The summed E-state index contributed by atoms with van der Waals surface area (Å²) in [6, 6.07) is 11.3. The minimum atomic E-state index is -1.05. The quantitative estimate of drug-likeness (QED) is 0.512. The molecule has 150 valence electrons. The van der Waals surface area contributed by atoms with E-state index in [0.717, 1.165) is 17.3 Å². The number of rotatable bonds is 7. The van der Waals surface area contributed by atoms with Gasteiger partial charge in [0.15, 0.2) is 5.17 Å². The van der Waals surface area contributed by atoms with Gasteiger partial charge in [-0.2, -0.15) is 5.10 Å². The van der Waals surface area contributed by atoms with Crippen LogP contribution < -0.4 is 10.1 Å². The summed E-state index contributed by atoms with van der Waals surface area (Å²) in [4.78, 5) is 22.3. The summed E-state index contributed by atoms with van der Waals surface area (Å²) in [5.74, 6) is -1.35. The molecule has 0 aromatic heterocycles. The lowest BCUT2D eigenvalue weighted by atomic mass is 10.2. The highest BCUT2D eigenvalue weighted by Gasteiger charge is 2.32. The number of benzene rings is 2. The van der Waals surface area contributed by atoms with Crippen molar-refractivity contribution >= 4 is 46.6 Å². The Labute approximate surface area is 174 Å². The van der Waals surface area contributed by atoms with E-state index in [1.165, 1.54) is 18.3 Å². The molecule has 0 bridgehead atoms. The van der Waals surface area contributed by atoms with Gasteiger partial charge in [0.1, 0.15) is 23.4 Å². The van der Waals surface area contributed by atoms with Gasteiger partial charge in [0.25, 0.3) is 0 Å². The maximum absolute atomic E-state index is 13.7. The van der Waals surface area contributed by atoms with Crippen molar-refractivity contribution in [3.05, 3.63) is 64.4 Å². The Morgan fingerprint density at radius 1 is 1.31 bits per heavy atom. The third-order valence-corrected chi connectivity index (χ3v) is 5.24. The van der Waals surface area contributed by atoms with Crippen LogP contribution in [0.15, 0.2) is 52.7 Å². The van der Waals surface area contributed by atoms with E-state index in [1.54, 1.807) is 30.3 Å². The molecule has 1 heterocycles. The number of carbonyl (C=O) groups is 2. The Balaban J connectivity index is 1.55. The number of nitrogens with one attached hydrogen (secondary N) is 1. The van der Waals surface area contributed by atoms with Crippen molar-refractivity contribution in [2.24, 2.45) is 10.2 Å². The van der Waals surface area contributed by atoms with Gasteiger partial charge in [-0.25, -0.2) is 4.39 Å². The Bertz CT molecular complexity index is 962.